The van der Waals surface area contributed by atoms with Crippen molar-refractivity contribution >= 4 is 22.7 Å². The van der Waals surface area contributed by atoms with Gasteiger partial charge in [-0.2, -0.15) is 0 Å². The fraction of sp³-hybridized carbons (Fsp3) is 0.143. The molecular formula is C14H12N2OS2. The van der Waals surface area contributed by atoms with Crippen LogP contribution in [0.4, 0.5) is 0 Å². The summed E-state index contributed by atoms with van der Waals surface area (Å²) in [6.07, 6.45) is 1.74. The van der Waals surface area contributed by atoms with Crippen molar-refractivity contribution in [3.63, 3.8) is 0 Å². The molecule has 3 aromatic rings. The van der Waals surface area contributed by atoms with Gasteiger partial charge in [-0.3, -0.25) is 4.98 Å². The van der Waals surface area contributed by atoms with E-state index in [1.54, 1.807) is 23.0 Å². The monoisotopic (exact) mass is 288 g/mol. The summed E-state index contributed by atoms with van der Waals surface area (Å²) in [5, 5.41) is 13.1. The SMILES string of the molecule is OC(Cc1nc(-c2ccccc2)cs1)c1cncs1. The second-order valence-electron chi connectivity index (χ2n) is 4.12. The van der Waals surface area contributed by atoms with Crippen LogP contribution < -0.4 is 0 Å². The Hall–Kier alpha value is -1.56. The fourth-order valence-corrected chi connectivity index (χ4v) is 3.25. The van der Waals surface area contributed by atoms with Crippen molar-refractivity contribution in [2.24, 2.45) is 0 Å². The van der Waals surface area contributed by atoms with Crippen LogP contribution in [0.2, 0.25) is 0 Å². The lowest BCUT2D eigenvalue weighted by Gasteiger charge is -2.04. The molecule has 2 heterocycles. The standard InChI is InChI=1S/C14H12N2OS2/c17-12(13-7-15-9-19-13)6-14-16-11(8-18-14)10-4-2-1-3-5-10/h1-5,7-9,12,17H,6H2. The first-order chi connectivity index (χ1) is 9.33. The Kier molecular flexibility index (Phi) is 3.68. The van der Waals surface area contributed by atoms with Crippen LogP contribution in [-0.2, 0) is 6.42 Å². The molecule has 1 aromatic carbocycles. The van der Waals surface area contributed by atoms with Crippen LogP contribution in [0.15, 0.2) is 47.4 Å². The predicted molar refractivity (Wildman–Crippen MR) is 78.3 cm³/mol. The lowest BCUT2D eigenvalue weighted by Crippen LogP contribution is -1.99. The van der Waals surface area contributed by atoms with Crippen molar-refractivity contribution in [1.82, 2.24) is 9.97 Å². The Morgan fingerprint density at radius 1 is 1.16 bits per heavy atom. The van der Waals surface area contributed by atoms with Crippen LogP contribution in [0.5, 0.6) is 0 Å². The summed E-state index contributed by atoms with van der Waals surface area (Å²) in [7, 11) is 0. The summed E-state index contributed by atoms with van der Waals surface area (Å²) in [6.45, 7) is 0. The van der Waals surface area contributed by atoms with Crippen LogP contribution in [0.3, 0.4) is 0 Å². The van der Waals surface area contributed by atoms with E-state index in [0.717, 1.165) is 21.1 Å². The molecular weight excluding hydrogens is 276 g/mol. The molecule has 0 saturated carbocycles. The molecule has 0 radical (unpaired) electrons. The number of hydrogen-bond acceptors (Lipinski definition) is 5. The highest BCUT2D eigenvalue weighted by molar-refractivity contribution is 7.10. The molecule has 0 amide bonds. The number of nitrogens with zero attached hydrogens (tertiary/aromatic N) is 2. The third-order valence-electron chi connectivity index (χ3n) is 2.77. The molecule has 1 atom stereocenters. The van der Waals surface area contributed by atoms with Crippen LogP contribution >= 0.6 is 22.7 Å². The van der Waals surface area contributed by atoms with E-state index in [1.807, 2.05) is 35.7 Å². The minimum atomic E-state index is -0.512. The molecule has 2 aromatic heterocycles. The highest BCUT2D eigenvalue weighted by Crippen LogP contribution is 2.26. The molecule has 0 bridgehead atoms. The van der Waals surface area contributed by atoms with Gasteiger partial charge in [0, 0.05) is 23.6 Å². The van der Waals surface area contributed by atoms with Gasteiger partial charge in [0.05, 0.1) is 27.2 Å². The van der Waals surface area contributed by atoms with E-state index in [4.69, 9.17) is 0 Å². The number of thiazole rings is 2. The van der Waals surface area contributed by atoms with Gasteiger partial charge in [-0.05, 0) is 0 Å². The molecule has 0 aliphatic rings. The molecule has 0 fully saturated rings. The number of benzene rings is 1. The molecule has 5 heteroatoms. The van der Waals surface area contributed by atoms with E-state index < -0.39 is 6.10 Å². The van der Waals surface area contributed by atoms with Gasteiger partial charge in [0.15, 0.2) is 0 Å². The van der Waals surface area contributed by atoms with Crippen molar-refractivity contribution in [2.75, 3.05) is 0 Å². The maximum absolute atomic E-state index is 10.1. The summed E-state index contributed by atoms with van der Waals surface area (Å²) in [6, 6.07) is 10.1. The first-order valence-electron chi connectivity index (χ1n) is 5.89. The van der Waals surface area contributed by atoms with Crippen LogP contribution in [0, 0.1) is 0 Å². The molecule has 0 saturated heterocycles. The van der Waals surface area contributed by atoms with Crippen LogP contribution in [0.25, 0.3) is 11.3 Å². The number of aliphatic hydroxyl groups is 1. The molecule has 0 aliphatic heterocycles. The second-order valence-corrected chi connectivity index (χ2v) is 5.98. The highest BCUT2D eigenvalue weighted by Gasteiger charge is 2.13. The van der Waals surface area contributed by atoms with Gasteiger partial charge in [-0.1, -0.05) is 30.3 Å². The zero-order valence-corrected chi connectivity index (χ0v) is 11.7. The van der Waals surface area contributed by atoms with E-state index in [2.05, 4.69) is 9.97 Å². The van der Waals surface area contributed by atoms with Gasteiger partial charge in [0.25, 0.3) is 0 Å². The van der Waals surface area contributed by atoms with E-state index in [9.17, 15) is 5.11 Å². The van der Waals surface area contributed by atoms with Gasteiger partial charge in [0.2, 0.25) is 0 Å². The van der Waals surface area contributed by atoms with Crippen molar-refractivity contribution in [2.45, 2.75) is 12.5 Å². The Morgan fingerprint density at radius 2 is 2.00 bits per heavy atom. The van der Waals surface area contributed by atoms with Crippen LogP contribution in [0.1, 0.15) is 16.0 Å². The van der Waals surface area contributed by atoms with E-state index >= 15 is 0 Å². The number of hydrogen-bond donors (Lipinski definition) is 1. The van der Waals surface area contributed by atoms with E-state index in [0.29, 0.717) is 6.42 Å². The van der Waals surface area contributed by atoms with Crippen molar-refractivity contribution < 1.29 is 5.11 Å². The number of rotatable bonds is 4. The molecule has 1 N–H and O–H groups in total. The van der Waals surface area contributed by atoms with Gasteiger partial charge >= 0.3 is 0 Å². The number of aliphatic hydroxyl groups excluding tert-OH is 1. The highest BCUT2D eigenvalue weighted by atomic mass is 32.1. The van der Waals surface area contributed by atoms with E-state index in [-0.39, 0.29) is 0 Å². The zero-order valence-electron chi connectivity index (χ0n) is 10.1. The van der Waals surface area contributed by atoms with Crippen molar-refractivity contribution in [1.29, 1.82) is 0 Å². The van der Waals surface area contributed by atoms with Gasteiger partial charge in [0.1, 0.15) is 0 Å². The smallest absolute Gasteiger partial charge is 0.0962 e. The average Bonchev–Trinajstić information content (AvgIpc) is 3.11. The van der Waals surface area contributed by atoms with Gasteiger partial charge in [-0.25, -0.2) is 4.98 Å². The number of aromatic nitrogens is 2. The molecule has 1 unspecified atom stereocenters. The van der Waals surface area contributed by atoms with Gasteiger partial charge in [-0.15, -0.1) is 22.7 Å². The summed E-state index contributed by atoms with van der Waals surface area (Å²) in [5.74, 6) is 0. The second kappa shape index (κ2) is 5.61. The molecule has 19 heavy (non-hydrogen) atoms. The Balaban J connectivity index is 1.75. The summed E-state index contributed by atoms with van der Waals surface area (Å²) >= 11 is 3.05. The normalized spacial score (nSPS) is 12.5. The maximum atomic E-state index is 10.1. The first-order valence-corrected chi connectivity index (χ1v) is 7.65. The minimum Gasteiger partial charge on any atom is -0.387 e. The Morgan fingerprint density at radius 3 is 2.74 bits per heavy atom. The molecule has 0 aliphatic carbocycles. The Labute approximate surface area is 119 Å². The lowest BCUT2D eigenvalue weighted by molar-refractivity contribution is 0.182. The van der Waals surface area contributed by atoms with Crippen molar-refractivity contribution in [3.8, 4) is 11.3 Å². The summed E-state index contributed by atoms with van der Waals surface area (Å²) < 4.78 is 0. The minimum absolute atomic E-state index is 0.512. The molecule has 3 nitrogen and oxygen atoms in total. The third-order valence-corrected chi connectivity index (χ3v) is 4.52. The molecule has 96 valence electrons. The average molecular weight is 288 g/mol. The summed E-state index contributed by atoms with van der Waals surface area (Å²) in [5.41, 5.74) is 3.81. The largest absolute Gasteiger partial charge is 0.387 e. The van der Waals surface area contributed by atoms with Crippen LogP contribution in [-0.4, -0.2) is 15.1 Å². The predicted octanol–water partition coefficient (Wildman–Crippen LogP) is 3.54. The quantitative estimate of drug-likeness (QED) is 0.798. The van der Waals surface area contributed by atoms with Crippen molar-refractivity contribution in [3.05, 3.63) is 57.3 Å². The van der Waals surface area contributed by atoms with E-state index in [1.165, 1.54) is 11.3 Å². The van der Waals surface area contributed by atoms with Gasteiger partial charge < -0.3 is 5.11 Å². The topological polar surface area (TPSA) is 46.0 Å². The zero-order chi connectivity index (χ0) is 13.1. The summed E-state index contributed by atoms with van der Waals surface area (Å²) in [4.78, 5) is 9.44. The third kappa shape index (κ3) is 2.89. The maximum Gasteiger partial charge on any atom is 0.0962 e. The molecule has 3 rings (SSSR count). The molecule has 0 spiro atoms. The first kappa shape index (κ1) is 12.5. The fourth-order valence-electron chi connectivity index (χ4n) is 1.80. The Bertz CT molecular complexity index is 635. The lowest BCUT2D eigenvalue weighted by atomic mass is 10.2.